The highest BCUT2D eigenvalue weighted by Gasteiger charge is 2.29. The van der Waals surface area contributed by atoms with E-state index in [0.29, 0.717) is 6.04 Å². The Balaban J connectivity index is 1.46. The number of hydrogen-bond acceptors (Lipinski definition) is 3. The zero-order chi connectivity index (χ0) is 12.4. The van der Waals surface area contributed by atoms with Crippen molar-refractivity contribution in [2.24, 2.45) is 0 Å². The Morgan fingerprint density at radius 1 is 1.44 bits per heavy atom. The van der Waals surface area contributed by atoms with E-state index in [4.69, 9.17) is 4.74 Å². The molecule has 0 aromatic heterocycles. The number of ether oxygens (including phenoxy) is 1. The van der Waals surface area contributed by atoms with Crippen LogP contribution in [0.2, 0.25) is 0 Å². The molecule has 2 heterocycles. The van der Waals surface area contributed by atoms with Gasteiger partial charge in [-0.1, -0.05) is 18.2 Å². The minimum Gasteiger partial charge on any atom is -0.380 e. The molecule has 1 saturated heterocycles. The van der Waals surface area contributed by atoms with Crippen molar-refractivity contribution in [2.45, 2.75) is 37.8 Å². The second-order valence-corrected chi connectivity index (χ2v) is 5.74. The van der Waals surface area contributed by atoms with Crippen molar-refractivity contribution in [3.05, 3.63) is 29.8 Å². The molecule has 0 bridgehead atoms. The van der Waals surface area contributed by atoms with Gasteiger partial charge in [-0.3, -0.25) is 0 Å². The van der Waals surface area contributed by atoms with Gasteiger partial charge in [-0.25, -0.2) is 0 Å². The molecule has 1 fully saturated rings. The molecule has 2 N–H and O–H groups in total. The summed E-state index contributed by atoms with van der Waals surface area (Å²) in [6.07, 6.45) is 3.50. The molecule has 1 aromatic rings. The van der Waals surface area contributed by atoms with Crippen LogP contribution in [-0.2, 0) is 11.2 Å². The molecular formula is C15H22N2O. The first kappa shape index (κ1) is 12.0. The Kier molecular flexibility index (Phi) is 3.27. The summed E-state index contributed by atoms with van der Waals surface area (Å²) in [5, 5.41) is 7.13. The van der Waals surface area contributed by atoms with Crippen LogP contribution in [0.1, 0.15) is 25.3 Å². The van der Waals surface area contributed by atoms with Crippen LogP contribution >= 0.6 is 0 Å². The molecule has 0 aliphatic carbocycles. The highest BCUT2D eigenvalue weighted by Crippen LogP contribution is 2.26. The van der Waals surface area contributed by atoms with Gasteiger partial charge in [0.05, 0.1) is 5.60 Å². The van der Waals surface area contributed by atoms with E-state index in [0.717, 1.165) is 26.1 Å². The van der Waals surface area contributed by atoms with Crippen LogP contribution in [0.25, 0.3) is 0 Å². The summed E-state index contributed by atoms with van der Waals surface area (Å²) in [4.78, 5) is 0. The van der Waals surface area contributed by atoms with Crippen LogP contribution in [0.4, 0.5) is 5.69 Å². The first-order valence-corrected chi connectivity index (χ1v) is 6.94. The third-order valence-electron chi connectivity index (χ3n) is 4.03. The van der Waals surface area contributed by atoms with Crippen molar-refractivity contribution in [1.29, 1.82) is 0 Å². The minimum atomic E-state index is 0.0610. The lowest BCUT2D eigenvalue weighted by molar-refractivity contribution is 0.0209. The summed E-state index contributed by atoms with van der Waals surface area (Å²) >= 11 is 0. The zero-order valence-electron chi connectivity index (χ0n) is 11.0. The fourth-order valence-electron chi connectivity index (χ4n) is 2.99. The van der Waals surface area contributed by atoms with E-state index in [1.165, 1.54) is 24.1 Å². The Hall–Kier alpha value is -1.06. The Morgan fingerprint density at radius 2 is 2.33 bits per heavy atom. The lowest BCUT2D eigenvalue weighted by Gasteiger charge is -2.24. The van der Waals surface area contributed by atoms with Crippen LogP contribution in [0.3, 0.4) is 0 Å². The smallest absolute Gasteiger partial charge is 0.0779 e. The monoisotopic (exact) mass is 246 g/mol. The molecule has 0 saturated carbocycles. The van der Waals surface area contributed by atoms with Crippen molar-refractivity contribution >= 4 is 5.69 Å². The molecule has 3 nitrogen and oxygen atoms in total. The van der Waals surface area contributed by atoms with E-state index in [2.05, 4.69) is 41.8 Å². The average molecular weight is 246 g/mol. The number of anilines is 1. The van der Waals surface area contributed by atoms with Gasteiger partial charge in [0, 0.05) is 31.4 Å². The molecule has 2 aliphatic heterocycles. The standard InChI is InChI=1S/C15H22N2O/c1-15(7-4-8-18-15)11-16-10-13-9-12-5-2-3-6-14(12)17-13/h2-3,5-6,13,16-17H,4,7-11H2,1H3. The van der Waals surface area contributed by atoms with Crippen LogP contribution in [-0.4, -0.2) is 31.3 Å². The first-order chi connectivity index (χ1) is 8.75. The van der Waals surface area contributed by atoms with E-state index in [9.17, 15) is 0 Å². The normalized spacial score (nSPS) is 30.2. The summed E-state index contributed by atoms with van der Waals surface area (Å²) in [5.74, 6) is 0. The topological polar surface area (TPSA) is 33.3 Å². The third kappa shape index (κ3) is 2.52. The molecule has 2 unspecified atom stereocenters. The number of benzene rings is 1. The number of fused-ring (bicyclic) bond motifs is 1. The number of hydrogen-bond donors (Lipinski definition) is 2. The van der Waals surface area contributed by atoms with Crippen LogP contribution in [0.5, 0.6) is 0 Å². The van der Waals surface area contributed by atoms with Gasteiger partial charge < -0.3 is 15.4 Å². The second kappa shape index (κ2) is 4.90. The fourth-order valence-corrected chi connectivity index (χ4v) is 2.99. The van der Waals surface area contributed by atoms with Gasteiger partial charge in [0.15, 0.2) is 0 Å². The third-order valence-corrected chi connectivity index (χ3v) is 4.03. The molecular weight excluding hydrogens is 224 g/mol. The van der Waals surface area contributed by atoms with Crippen molar-refractivity contribution in [1.82, 2.24) is 5.32 Å². The zero-order valence-corrected chi connectivity index (χ0v) is 11.0. The first-order valence-electron chi connectivity index (χ1n) is 6.94. The van der Waals surface area contributed by atoms with Gasteiger partial charge in [0.1, 0.15) is 0 Å². The lowest BCUT2D eigenvalue weighted by Crippen LogP contribution is -2.41. The molecule has 3 rings (SSSR count). The molecule has 3 heteroatoms. The van der Waals surface area contributed by atoms with Crippen LogP contribution in [0.15, 0.2) is 24.3 Å². The molecule has 0 spiro atoms. The number of nitrogens with one attached hydrogen (secondary N) is 2. The summed E-state index contributed by atoms with van der Waals surface area (Å²) in [6.45, 7) is 5.10. The van der Waals surface area contributed by atoms with Gasteiger partial charge >= 0.3 is 0 Å². The highest BCUT2D eigenvalue weighted by molar-refractivity contribution is 5.56. The number of para-hydroxylation sites is 1. The lowest BCUT2D eigenvalue weighted by atomic mass is 10.0. The molecule has 98 valence electrons. The van der Waals surface area contributed by atoms with E-state index in [1.54, 1.807) is 0 Å². The predicted molar refractivity (Wildman–Crippen MR) is 74.0 cm³/mol. The predicted octanol–water partition coefficient (Wildman–Crippen LogP) is 2.18. The van der Waals surface area contributed by atoms with Crippen molar-refractivity contribution in [2.75, 3.05) is 25.0 Å². The second-order valence-electron chi connectivity index (χ2n) is 5.74. The SMILES string of the molecule is CC1(CNCC2Cc3ccccc3N2)CCCO1. The van der Waals surface area contributed by atoms with E-state index in [1.807, 2.05) is 0 Å². The molecule has 1 aromatic carbocycles. The van der Waals surface area contributed by atoms with Gasteiger partial charge in [-0.15, -0.1) is 0 Å². The van der Waals surface area contributed by atoms with Crippen molar-refractivity contribution < 1.29 is 4.74 Å². The van der Waals surface area contributed by atoms with Crippen molar-refractivity contribution in [3.63, 3.8) is 0 Å². The van der Waals surface area contributed by atoms with E-state index in [-0.39, 0.29) is 5.60 Å². The van der Waals surface area contributed by atoms with Crippen molar-refractivity contribution in [3.8, 4) is 0 Å². The molecule has 2 atom stereocenters. The summed E-state index contributed by atoms with van der Waals surface area (Å²) < 4.78 is 5.78. The fraction of sp³-hybridized carbons (Fsp3) is 0.600. The largest absolute Gasteiger partial charge is 0.380 e. The summed E-state index contributed by atoms with van der Waals surface area (Å²) in [7, 11) is 0. The van der Waals surface area contributed by atoms with Gasteiger partial charge in [-0.05, 0) is 37.8 Å². The highest BCUT2D eigenvalue weighted by atomic mass is 16.5. The van der Waals surface area contributed by atoms with Crippen LogP contribution < -0.4 is 10.6 Å². The van der Waals surface area contributed by atoms with Crippen LogP contribution in [0, 0.1) is 0 Å². The van der Waals surface area contributed by atoms with E-state index >= 15 is 0 Å². The molecule has 18 heavy (non-hydrogen) atoms. The Morgan fingerprint density at radius 3 is 3.11 bits per heavy atom. The minimum absolute atomic E-state index is 0.0610. The maximum Gasteiger partial charge on any atom is 0.0779 e. The maximum atomic E-state index is 5.78. The Labute approximate surface area is 109 Å². The van der Waals surface area contributed by atoms with Gasteiger partial charge in [0.25, 0.3) is 0 Å². The Bertz CT molecular complexity index is 388. The summed E-state index contributed by atoms with van der Waals surface area (Å²) in [6, 6.07) is 9.10. The summed E-state index contributed by atoms with van der Waals surface area (Å²) in [5.41, 5.74) is 2.80. The molecule has 0 amide bonds. The molecule has 2 aliphatic rings. The average Bonchev–Trinajstić information content (AvgIpc) is 2.95. The van der Waals surface area contributed by atoms with Gasteiger partial charge in [-0.2, -0.15) is 0 Å². The maximum absolute atomic E-state index is 5.78. The quantitative estimate of drug-likeness (QED) is 0.854. The number of rotatable bonds is 4. The van der Waals surface area contributed by atoms with Gasteiger partial charge in [0.2, 0.25) is 0 Å². The van der Waals surface area contributed by atoms with E-state index < -0.39 is 0 Å². The molecule has 0 radical (unpaired) electrons.